The first-order valence-corrected chi connectivity index (χ1v) is 5.08. The first-order chi connectivity index (χ1) is 7.22. The summed E-state index contributed by atoms with van der Waals surface area (Å²) in [5.41, 5.74) is 1.98. The molecule has 0 unspecified atom stereocenters. The molecule has 0 bridgehead atoms. The van der Waals surface area contributed by atoms with Crippen molar-refractivity contribution in [2.24, 2.45) is 0 Å². The van der Waals surface area contributed by atoms with Gasteiger partial charge in [-0.15, -0.1) is 0 Å². The molecule has 4 heteroatoms. The highest BCUT2D eigenvalue weighted by Crippen LogP contribution is 2.19. The van der Waals surface area contributed by atoms with E-state index in [1.807, 2.05) is 42.9 Å². The van der Waals surface area contributed by atoms with Crippen LogP contribution in [0.3, 0.4) is 0 Å². The number of halogens is 1. The molecule has 0 amide bonds. The molecule has 0 saturated carbocycles. The second-order valence-electron chi connectivity index (χ2n) is 3.31. The minimum absolute atomic E-state index is 0.553. The predicted molar refractivity (Wildman–Crippen MR) is 62.9 cm³/mol. The van der Waals surface area contributed by atoms with Gasteiger partial charge in [-0.05, 0) is 30.7 Å². The van der Waals surface area contributed by atoms with Gasteiger partial charge in [-0.1, -0.05) is 11.6 Å². The Morgan fingerprint density at radius 1 is 1.47 bits per heavy atom. The Hall–Kier alpha value is -1.48. The van der Waals surface area contributed by atoms with Gasteiger partial charge >= 0.3 is 0 Å². The topological polar surface area (TPSA) is 29.9 Å². The number of rotatable bonds is 2. The molecule has 78 valence electrons. The van der Waals surface area contributed by atoms with Crippen LogP contribution in [0.1, 0.15) is 5.56 Å². The van der Waals surface area contributed by atoms with E-state index in [1.54, 1.807) is 6.20 Å². The summed E-state index contributed by atoms with van der Waals surface area (Å²) in [6.07, 6.45) is 3.74. The third kappa shape index (κ3) is 1.83. The highest BCUT2D eigenvalue weighted by atomic mass is 35.5. The summed E-state index contributed by atoms with van der Waals surface area (Å²) in [6.45, 7) is 1.95. The normalized spacial score (nSPS) is 10.3. The zero-order chi connectivity index (χ0) is 10.8. The molecule has 0 spiro atoms. The Kier molecular flexibility index (Phi) is 2.64. The lowest BCUT2D eigenvalue weighted by Crippen LogP contribution is -2.00. The van der Waals surface area contributed by atoms with Crippen molar-refractivity contribution in [2.45, 2.75) is 6.92 Å². The summed E-state index contributed by atoms with van der Waals surface area (Å²) in [5, 5.41) is 3.66. The summed E-state index contributed by atoms with van der Waals surface area (Å²) in [5.74, 6) is 1.03. The average molecular weight is 222 g/mol. The van der Waals surface area contributed by atoms with Crippen molar-refractivity contribution in [3.63, 3.8) is 0 Å². The smallest absolute Gasteiger partial charge is 0.132 e. The van der Waals surface area contributed by atoms with Crippen LogP contribution >= 0.6 is 11.6 Å². The molecule has 3 nitrogen and oxygen atoms in total. The molecule has 0 aliphatic carbocycles. The van der Waals surface area contributed by atoms with Crippen LogP contribution < -0.4 is 5.32 Å². The van der Waals surface area contributed by atoms with Crippen LogP contribution in [0, 0.1) is 6.92 Å². The van der Waals surface area contributed by atoms with Crippen molar-refractivity contribution in [1.29, 1.82) is 0 Å². The number of aromatic nitrogens is 2. The van der Waals surface area contributed by atoms with Crippen molar-refractivity contribution < 1.29 is 0 Å². The van der Waals surface area contributed by atoms with Crippen molar-refractivity contribution in [3.05, 3.63) is 41.3 Å². The van der Waals surface area contributed by atoms with E-state index in [4.69, 9.17) is 11.6 Å². The lowest BCUT2D eigenvalue weighted by Gasteiger charge is -2.09. The third-order valence-electron chi connectivity index (χ3n) is 2.28. The Morgan fingerprint density at radius 3 is 2.93 bits per heavy atom. The maximum absolute atomic E-state index is 5.88. The summed E-state index contributed by atoms with van der Waals surface area (Å²) >= 11 is 5.88. The molecule has 0 aliphatic heterocycles. The molecule has 0 saturated heterocycles. The maximum atomic E-state index is 5.88. The quantitative estimate of drug-likeness (QED) is 0.791. The van der Waals surface area contributed by atoms with E-state index >= 15 is 0 Å². The SMILES string of the molecule is CNc1cccn1-c1cnc(Cl)c(C)c1. The van der Waals surface area contributed by atoms with Crippen LogP contribution in [0.15, 0.2) is 30.6 Å². The van der Waals surface area contributed by atoms with Gasteiger partial charge in [0, 0.05) is 13.2 Å². The zero-order valence-electron chi connectivity index (χ0n) is 8.66. The molecular formula is C11H12ClN3. The molecule has 15 heavy (non-hydrogen) atoms. The third-order valence-corrected chi connectivity index (χ3v) is 2.68. The van der Waals surface area contributed by atoms with Crippen molar-refractivity contribution >= 4 is 17.4 Å². The predicted octanol–water partition coefficient (Wildman–Crippen LogP) is 2.88. The van der Waals surface area contributed by atoms with Crippen LogP contribution in [0.2, 0.25) is 5.15 Å². The number of nitrogens with one attached hydrogen (secondary N) is 1. The fourth-order valence-corrected chi connectivity index (χ4v) is 1.59. The van der Waals surface area contributed by atoms with E-state index in [1.165, 1.54) is 0 Å². The van der Waals surface area contributed by atoms with E-state index in [2.05, 4.69) is 10.3 Å². The molecule has 0 aromatic carbocycles. The Balaban J connectivity index is 2.50. The van der Waals surface area contributed by atoms with Gasteiger partial charge in [0.25, 0.3) is 0 Å². The molecule has 2 rings (SSSR count). The van der Waals surface area contributed by atoms with Gasteiger partial charge in [0.15, 0.2) is 0 Å². The molecule has 2 heterocycles. The molecule has 0 aliphatic rings. The second kappa shape index (κ2) is 3.95. The summed E-state index contributed by atoms with van der Waals surface area (Å²) in [7, 11) is 1.89. The van der Waals surface area contributed by atoms with Gasteiger partial charge in [0.05, 0.1) is 11.9 Å². The summed E-state index contributed by atoms with van der Waals surface area (Å²) in [4.78, 5) is 4.13. The van der Waals surface area contributed by atoms with Gasteiger partial charge in [-0.3, -0.25) is 0 Å². The number of nitrogens with zero attached hydrogens (tertiary/aromatic N) is 2. The van der Waals surface area contributed by atoms with Crippen LogP contribution in [0.4, 0.5) is 5.82 Å². The van der Waals surface area contributed by atoms with Crippen molar-refractivity contribution in [1.82, 2.24) is 9.55 Å². The average Bonchev–Trinajstić information content (AvgIpc) is 2.70. The monoisotopic (exact) mass is 221 g/mol. The first-order valence-electron chi connectivity index (χ1n) is 4.70. The highest BCUT2D eigenvalue weighted by molar-refractivity contribution is 6.30. The molecule has 2 aromatic heterocycles. The largest absolute Gasteiger partial charge is 0.374 e. The number of hydrogen-bond acceptors (Lipinski definition) is 2. The van der Waals surface area contributed by atoms with Crippen molar-refractivity contribution in [3.8, 4) is 5.69 Å². The van der Waals surface area contributed by atoms with Crippen LogP contribution in [-0.2, 0) is 0 Å². The molecule has 0 fully saturated rings. The van der Waals surface area contributed by atoms with Gasteiger partial charge in [0.2, 0.25) is 0 Å². The molecule has 2 aromatic rings. The maximum Gasteiger partial charge on any atom is 0.132 e. The van der Waals surface area contributed by atoms with E-state index in [-0.39, 0.29) is 0 Å². The molecule has 0 atom stereocenters. The fourth-order valence-electron chi connectivity index (χ4n) is 1.48. The Bertz CT molecular complexity index is 476. The van der Waals surface area contributed by atoms with Gasteiger partial charge in [0.1, 0.15) is 11.0 Å². The number of aryl methyl sites for hydroxylation is 1. The minimum atomic E-state index is 0.553. The van der Waals surface area contributed by atoms with Crippen LogP contribution in [0.5, 0.6) is 0 Å². The zero-order valence-corrected chi connectivity index (χ0v) is 9.42. The van der Waals surface area contributed by atoms with Crippen LogP contribution in [-0.4, -0.2) is 16.6 Å². The Labute approximate surface area is 93.7 Å². The van der Waals surface area contributed by atoms with Gasteiger partial charge < -0.3 is 9.88 Å². The lowest BCUT2D eigenvalue weighted by molar-refractivity contribution is 1.05. The second-order valence-corrected chi connectivity index (χ2v) is 3.67. The van der Waals surface area contributed by atoms with Gasteiger partial charge in [-0.25, -0.2) is 4.98 Å². The van der Waals surface area contributed by atoms with E-state index < -0.39 is 0 Å². The van der Waals surface area contributed by atoms with E-state index in [0.717, 1.165) is 17.1 Å². The lowest BCUT2D eigenvalue weighted by atomic mass is 10.3. The number of pyridine rings is 1. The summed E-state index contributed by atoms with van der Waals surface area (Å²) in [6, 6.07) is 6.00. The van der Waals surface area contributed by atoms with Gasteiger partial charge in [-0.2, -0.15) is 0 Å². The van der Waals surface area contributed by atoms with Crippen LogP contribution in [0.25, 0.3) is 5.69 Å². The number of hydrogen-bond donors (Lipinski definition) is 1. The van der Waals surface area contributed by atoms with E-state index in [0.29, 0.717) is 5.15 Å². The molecular weight excluding hydrogens is 210 g/mol. The number of anilines is 1. The fraction of sp³-hybridized carbons (Fsp3) is 0.182. The van der Waals surface area contributed by atoms with Crippen molar-refractivity contribution in [2.75, 3.05) is 12.4 Å². The minimum Gasteiger partial charge on any atom is -0.374 e. The summed E-state index contributed by atoms with van der Waals surface area (Å²) < 4.78 is 2.02. The Morgan fingerprint density at radius 2 is 2.27 bits per heavy atom. The molecule has 0 radical (unpaired) electrons. The molecule has 1 N–H and O–H groups in total. The highest BCUT2D eigenvalue weighted by Gasteiger charge is 2.03. The van der Waals surface area contributed by atoms with E-state index in [9.17, 15) is 0 Å². The standard InChI is InChI=1S/C11H12ClN3/c1-8-6-9(7-14-11(8)12)15-5-3-4-10(15)13-2/h3-7,13H,1-2H3. The first kappa shape index (κ1) is 10.1.